The molecule has 222 valence electrons. The molecule has 0 spiro atoms. The van der Waals surface area contributed by atoms with Crippen LogP contribution in [-0.2, 0) is 6.61 Å². The number of halogens is 1. The predicted octanol–water partition coefficient (Wildman–Crippen LogP) is 10.7. The van der Waals surface area contributed by atoms with E-state index >= 15 is 0 Å². The largest absolute Gasteiger partial charge is 0.491 e. The van der Waals surface area contributed by atoms with Crippen LogP contribution in [0.25, 0.3) is 20.8 Å². The highest BCUT2D eigenvalue weighted by Crippen LogP contribution is 2.44. The number of benzene rings is 3. The first-order chi connectivity index (χ1) is 20.6. The molecular formula is C36H43BrN2O2S. The van der Waals surface area contributed by atoms with Gasteiger partial charge in [-0.25, -0.2) is 4.98 Å². The summed E-state index contributed by atoms with van der Waals surface area (Å²) in [5, 5.41) is 0.948. The zero-order valence-corrected chi connectivity index (χ0v) is 27.1. The number of hydrogen-bond donors (Lipinski definition) is 1. The Bertz CT molecular complexity index is 1440. The van der Waals surface area contributed by atoms with Crippen LogP contribution in [0.15, 0.2) is 65.1 Å². The second-order valence-electron chi connectivity index (χ2n) is 12.5. The van der Waals surface area contributed by atoms with Crippen molar-refractivity contribution in [2.75, 3.05) is 12.3 Å². The van der Waals surface area contributed by atoms with Gasteiger partial charge >= 0.3 is 0 Å². The van der Waals surface area contributed by atoms with E-state index in [0.717, 1.165) is 72.4 Å². The van der Waals surface area contributed by atoms with Gasteiger partial charge in [-0.15, -0.1) is 11.3 Å². The lowest BCUT2D eigenvalue weighted by atomic mass is 9.69. The summed E-state index contributed by atoms with van der Waals surface area (Å²) in [5.74, 6) is 5.21. The average molecular weight is 648 g/mol. The molecule has 3 aromatic carbocycles. The van der Waals surface area contributed by atoms with Gasteiger partial charge in [-0.3, -0.25) is 0 Å². The van der Waals surface area contributed by atoms with E-state index < -0.39 is 0 Å². The van der Waals surface area contributed by atoms with E-state index in [-0.39, 0.29) is 0 Å². The number of hydrogen-bond acceptors (Lipinski definition) is 5. The Labute approximate surface area is 263 Å². The van der Waals surface area contributed by atoms with Crippen LogP contribution < -0.4 is 15.2 Å². The van der Waals surface area contributed by atoms with Crippen molar-refractivity contribution in [3.05, 3.63) is 70.7 Å². The molecule has 6 rings (SSSR count). The SMILES string of the molecule is CCCC1CCC(C2CCC(COc3ccc(OCc4ccc(Br)cc4)c4sc(-c5ccc(N)cc5)nc34)CC2)CC1. The molecular weight excluding hydrogens is 604 g/mol. The van der Waals surface area contributed by atoms with E-state index in [0.29, 0.717) is 12.5 Å². The quantitative estimate of drug-likeness (QED) is 0.174. The lowest BCUT2D eigenvalue weighted by molar-refractivity contribution is 0.122. The second kappa shape index (κ2) is 13.8. The van der Waals surface area contributed by atoms with Gasteiger partial charge in [0, 0.05) is 15.7 Å². The summed E-state index contributed by atoms with van der Waals surface area (Å²) in [6.07, 6.45) is 13.9. The molecule has 4 nitrogen and oxygen atoms in total. The van der Waals surface area contributed by atoms with Gasteiger partial charge in [0.05, 0.1) is 6.61 Å². The van der Waals surface area contributed by atoms with Crippen LogP contribution in [0.1, 0.15) is 76.7 Å². The number of thiazole rings is 1. The van der Waals surface area contributed by atoms with Crippen LogP contribution in [0.4, 0.5) is 5.69 Å². The molecule has 0 amide bonds. The lowest BCUT2D eigenvalue weighted by Gasteiger charge is -2.37. The van der Waals surface area contributed by atoms with Gasteiger partial charge in [0.15, 0.2) is 0 Å². The Morgan fingerprint density at radius 2 is 1.43 bits per heavy atom. The summed E-state index contributed by atoms with van der Waals surface area (Å²) in [6, 6.07) is 20.3. The third-order valence-electron chi connectivity index (χ3n) is 9.56. The Morgan fingerprint density at radius 3 is 2.10 bits per heavy atom. The fraction of sp³-hybridized carbons (Fsp3) is 0.472. The van der Waals surface area contributed by atoms with E-state index in [2.05, 4.69) is 35.0 Å². The van der Waals surface area contributed by atoms with Crippen molar-refractivity contribution in [2.24, 2.45) is 23.7 Å². The average Bonchev–Trinajstić information content (AvgIpc) is 3.47. The van der Waals surface area contributed by atoms with Crippen molar-refractivity contribution in [1.82, 2.24) is 4.98 Å². The number of nitrogens with two attached hydrogens (primary N) is 1. The summed E-state index contributed by atoms with van der Waals surface area (Å²) in [6.45, 7) is 3.60. The highest BCUT2D eigenvalue weighted by Gasteiger charge is 2.31. The monoisotopic (exact) mass is 646 g/mol. The van der Waals surface area contributed by atoms with Crippen molar-refractivity contribution < 1.29 is 9.47 Å². The molecule has 0 saturated heterocycles. The summed E-state index contributed by atoms with van der Waals surface area (Å²) >= 11 is 5.16. The van der Waals surface area contributed by atoms with Crippen LogP contribution in [0, 0.1) is 23.7 Å². The van der Waals surface area contributed by atoms with Gasteiger partial charge in [-0.2, -0.15) is 0 Å². The highest BCUT2D eigenvalue weighted by atomic mass is 79.9. The smallest absolute Gasteiger partial charge is 0.146 e. The number of nitrogens with zero attached hydrogens (tertiary/aromatic N) is 1. The predicted molar refractivity (Wildman–Crippen MR) is 179 cm³/mol. The van der Waals surface area contributed by atoms with Gasteiger partial charge in [-0.1, -0.05) is 60.7 Å². The molecule has 42 heavy (non-hydrogen) atoms. The number of rotatable bonds is 10. The van der Waals surface area contributed by atoms with E-state index in [4.69, 9.17) is 20.2 Å². The van der Waals surface area contributed by atoms with Gasteiger partial charge < -0.3 is 15.2 Å². The molecule has 1 heterocycles. The number of anilines is 1. The Hall–Kier alpha value is -2.57. The minimum atomic E-state index is 0.501. The molecule has 2 saturated carbocycles. The maximum Gasteiger partial charge on any atom is 0.146 e. The standard InChI is InChI=1S/C36H43BrN2O2S/c1-2-3-24-4-10-27(11-5-24)28-12-6-25(7-13-28)22-40-32-20-21-33(41-23-26-8-16-30(37)17-9-26)35-34(32)39-36(42-35)29-14-18-31(38)19-15-29/h8-9,14-21,24-25,27-28H,2-7,10-13,22-23,38H2,1H3. The lowest BCUT2D eigenvalue weighted by Crippen LogP contribution is -2.27. The van der Waals surface area contributed by atoms with Crippen molar-refractivity contribution in [1.29, 1.82) is 0 Å². The molecule has 0 aliphatic heterocycles. The summed E-state index contributed by atoms with van der Waals surface area (Å²) in [7, 11) is 0. The fourth-order valence-corrected chi connectivity index (χ4v) is 8.39. The van der Waals surface area contributed by atoms with E-state index in [1.54, 1.807) is 11.3 Å². The molecule has 0 bridgehead atoms. The van der Waals surface area contributed by atoms with Crippen molar-refractivity contribution >= 4 is 43.2 Å². The van der Waals surface area contributed by atoms with Crippen LogP contribution in [0.5, 0.6) is 11.5 Å². The zero-order chi connectivity index (χ0) is 28.9. The maximum absolute atomic E-state index is 6.54. The zero-order valence-electron chi connectivity index (χ0n) is 24.7. The molecule has 2 aliphatic rings. The molecule has 6 heteroatoms. The molecule has 1 aromatic heterocycles. The maximum atomic E-state index is 6.54. The molecule has 0 radical (unpaired) electrons. The molecule has 2 fully saturated rings. The Morgan fingerprint density at radius 1 is 0.786 bits per heavy atom. The molecule has 2 N–H and O–H groups in total. The summed E-state index contributed by atoms with van der Waals surface area (Å²) < 4.78 is 15.0. The summed E-state index contributed by atoms with van der Waals surface area (Å²) in [4.78, 5) is 5.06. The number of ether oxygens (including phenoxy) is 2. The van der Waals surface area contributed by atoms with Gasteiger partial charge in [0.1, 0.15) is 33.3 Å². The third-order valence-corrected chi connectivity index (χ3v) is 11.2. The number of aromatic nitrogens is 1. The van der Waals surface area contributed by atoms with E-state index in [1.165, 1.54) is 64.2 Å². The number of fused-ring (bicyclic) bond motifs is 1. The van der Waals surface area contributed by atoms with Crippen molar-refractivity contribution in [2.45, 2.75) is 77.7 Å². The van der Waals surface area contributed by atoms with Gasteiger partial charge in [0.2, 0.25) is 0 Å². The normalized spacial score (nSPS) is 22.7. The van der Waals surface area contributed by atoms with Gasteiger partial charge in [0.25, 0.3) is 0 Å². The minimum absolute atomic E-state index is 0.501. The van der Waals surface area contributed by atoms with Crippen molar-refractivity contribution in [3.8, 4) is 22.1 Å². The first-order valence-corrected chi connectivity index (χ1v) is 17.5. The van der Waals surface area contributed by atoms with Crippen LogP contribution in [-0.4, -0.2) is 11.6 Å². The van der Waals surface area contributed by atoms with E-state index in [1.807, 2.05) is 48.5 Å². The third kappa shape index (κ3) is 7.14. The van der Waals surface area contributed by atoms with Gasteiger partial charge in [-0.05, 0) is 116 Å². The molecule has 2 aliphatic carbocycles. The second-order valence-corrected chi connectivity index (χ2v) is 14.4. The first kappa shape index (κ1) is 29.5. The summed E-state index contributed by atoms with van der Waals surface area (Å²) in [5.41, 5.74) is 9.77. The minimum Gasteiger partial charge on any atom is -0.491 e. The molecule has 4 aromatic rings. The molecule has 0 unspecified atom stereocenters. The topological polar surface area (TPSA) is 57.4 Å². The van der Waals surface area contributed by atoms with Crippen LogP contribution >= 0.6 is 27.3 Å². The molecule has 0 atom stereocenters. The van der Waals surface area contributed by atoms with Crippen LogP contribution in [0.3, 0.4) is 0 Å². The van der Waals surface area contributed by atoms with E-state index in [9.17, 15) is 0 Å². The Balaban J connectivity index is 1.12. The van der Waals surface area contributed by atoms with Crippen LogP contribution in [0.2, 0.25) is 0 Å². The van der Waals surface area contributed by atoms with Crippen molar-refractivity contribution in [3.63, 3.8) is 0 Å². The number of nitrogen functional groups attached to an aromatic ring is 1. The highest BCUT2D eigenvalue weighted by molar-refractivity contribution is 9.10. The first-order valence-electron chi connectivity index (χ1n) is 15.8. The fourth-order valence-electron chi connectivity index (χ4n) is 7.07. The Kier molecular flexibility index (Phi) is 9.70.